The molecular formula is C18H41N3O2S. The summed E-state index contributed by atoms with van der Waals surface area (Å²) in [4.78, 5) is 0. The number of hydrogen-bond donors (Lipinski definition) is 3. The summed E-state index contributed by atoms with van der Waals surface area (Å²) in [7, 11) is -3.07. The van der Waals surface area contributed by atoms with Crippen LogP contribution in [0.5, 0.6) is 0 Å². The van der Waals surface area contributed by atoms with E-state index in [1.165, 1.54) is 32.1 Å². The van der Waals surface area contributed by atoms with E-state index in [9.17, 15) is 8.42 Å². The Morgan fingerprint density at radius 3 is 1.75 bits per heavy atom. The molecule has 0 saturated heterocycles. The maximum atomic E-state index is 11.9. The number of hydrogen-bond acceptors (Lipinski definition) is 4. The van der Waals surface area contributed by atoms with Crippen LogP contribution < -0.4 is 15.4 Å². The van der Waals surface area contributed by atoms with Crippen molar-refractivity contribution in [2.75, 3.05) is 38.5 Å². The monoisotopic (exact) mass is 363 g/mol. The van der Waals surface area contributed by atoms with E-state index in [1.807, 2.05) is 0 Å². The molecule has 24 heavy (non-hydrogen) atoms. The summed E-state index contributed by atoms with van der Waals surface area (Å²) in [5.41, 5.74) is 0. The molecule has 0 atom stereocenters. The van der Waals surface area contributed by atoms with E-state index in [4.69, 9.17) is 0 Å². The van der Waals surface area contributed by atoms with E-state index >= 15 is 0 Å². The summed E-state index contributed by atoms with van der Waals surface area (Å²) in [6, 6.07) is 0. The Morgan fingerprint density at radius 1 is 0.583 bits per heavy atom. The van der Waals surface area contributed by atoms with E-state index in [0.29, 0.717) is 6.54 Å². The molecule has 0 amide bonds. The number of nitrogens with one attached hydrogen (secondary N) is 3. The maximum absolute atomic E-state index is 11.9. The normalized spacial score (nSPS) is 11.9. The van der Waals surface area contributed by atoms with Gasteiger partial charge in [-0.15, -0.1) is 0 Å². The fraction of sp³-hybridized carbons (Fsp3) is 1.00. The van der Waals surface area contributed by atoms with Gasteiger partial charge in [0.05, 0.1) is 5.75 Å². The van der Waals surface area contributed by atoms with Crippen LogP contribution in [0.15, 0.2) is 0 Å². The highest BCUT2D eigenvalue weighted by Gasteiger charge is 2.08. The van der Waals surface area contributed by atoms with E-state index < -0.39 is 10.0 Å². The minimum absolute atomic E-state index is 0.275. The van der Waals surface area contributed by atoms with E-state index in [0.717, 1.165) is 58.3 Å². The summed E-state index contributed by atoms with van der Waals surface area (Å²) < 4.78 is 26.4. The van der Waals surface area contributed by atoms with Gasteiger partial charge in [0, 0.05) is 6.54 Å². The summed E-state index contributed by atoms with van der Waals surface area (Å²) in [5, 5.41) is 6.71. The van der Waals surface area contributed by atoms with E-state index in [1.54, 1.807) is 0 Å². The highest BCUT2D eigenvalue weighted by molar-refractivity contribution is 7.89. The summed E-state index contributed by atoms with van der Waals surface area (Å²) in [5.74, 6) is 0.275. The van der Waals surface area contributed by atoms with Crippen LogP contribution in [0, 0.1) is 0 Å². The van der Waals surface area contributed by atoms with Crippen molar-refractivity contribution >= 4 is 10.0 Å². The molecule has 6 heteroatoms. The second-order valence-electron chi connectivity index (χ2n) is 6.54. The van der Waals surface area contributed by atoms with Gasteiger partial charge in [0.2, 0.25) is 10.0 Å². The van der Waals surface area contributed by atoms with Crippen molar-refractivity contribution in [1.82, 2.24) is 15.4 Å². The van der Waals surface area contributed by atoms with Crippen molar-refractivity contribution < 1.29 is 8.42 Å². The molecule has 0 aromatic rings. The Labute approximate surface area is 150 Å². The van der Waals surface area contributed by atoms with Gasteiger partial charge < -0.3 is 10.6 Å². The molecule has 3 N–H and O–H groups in total. The van der Waals surface area contributed by atoms with Gasteiger partial charge in [-0.3, -0.25) is 0 Å². The van der Waals surface area contributed by atoms with Crippen molar-refractivity contribution in [3.63, 3.8) is 0 Å². The third-order valence-corrected chi connectivity index (χ3v) is 5.47. The standard InChI is InChI=1S/C18H41N3O2S/c1-3-5-6-7-8-9-10-18-24(22,23)21-17-12-16-20-15-11-14-19-13-4-2/h19-21H,3-18H2,1-2H3. The zero-order chi connectivity index (χ0) is 17.9. The van der Waals surface area contributed by atoms with Crippen LogP contribution in [0.4, 0.5) is 0 Å². The lowest BCUT2D eigenvalue weighted by molar-refractivity contribution is 0.558. The largest absolute Gasteiger partial charge is 0.317 e. The molecule has 0 aliphatic carbocycles. The molecular weight excluding hydrogens is 322 g/mol. The van der Waals surface area contributed by atoms with Crippen LogP contribution in [0.2, 0.25) is 0 Å². The van der Waals surface area contributed by atoms with Crippen LogP contribution in [0.1, 0.15) is 78.1 Å². The molecule has 0 aromatic heterocycles. The SMILES string of the molecule is CCCCCCCCCS(=O)(=O)NCCCNCCCNCCC. The maximum Gasteiger partial charge on any atom is 0.211 e. The first kappa shape index (κ1) is 23.8. The summed E-state index contributed by atoms with van der Waals surface area (Å²) >= 11 is 0. The zero-order valence-corrected chi connectivity index (χ0v) is 16.9. The highest BCUT2D eigenvalue weighted by Crippen LogP contribution is 2.07. The summed E-state index contributed by atoms with van der Waals surface area (Å²) in [6.45, 7) is 8.90. The average Bonchev–Trinajstić information content (AvgIpc) is 2.55. The van der Waals surface area contributed by atoms with Crippen molar-refractivity contribution in [3.05, 3.63) is 0 Å². The Kier molecular flexibility index (Phi) is 17.5. The van der Waals surface area contributed by atoms with Gasteiger partial charge in [-0.2, -0.15) is 0 Å². The molecule has 0 unspecified atom stereocenters. The minimum atomic E-state index is -3.07. The zero-order valence-electron chi connectivity index (χ0n) is 16.0. The average molecular weight is 364 g/mol. The van der Waals surface area contributed by atoms with Gasteiger partial charge in [-0.05, 0) is 51.9 Å². The quantitative estimate of drug-likeness (QED) is 0.309. The molecule has 146 valence electrons. The fourth-order valence-electron chi connectivity index (χ4n) is 2.53. The molecule has 0 aromatic carbocycles. The van der Waals surface area contributed by atoms with E-state index in [2.05, 4.69) is 29.2 Å². The van der Waals surface area contributed by atoms with Gasteiger partial charge in [0.25, 0.3) is 0 Å². The topological polar surface area (TPSA) is 70.2 Å². The van der Waals surface area contributed by atoms with Crippen LogP contribution in [-0.4, -0.2) is 46.9 Å². The van der Waals surface area contributed by atoms with Gasteiger partial charge >= 0.3 is 0 Å². The van der Waals surface area contributed by atoms with Crippen molar-refractivity contribution in [1.29, 1.82) is 0 Å². The smallest absolute Gasteiger partial charge is 0.211 e. The second-order valence-corrected chi connectivity index (χ2v) is 8.47. The molecule has 0 rings (SSSR count). The first-order chi connectivity index (χ1) is 11.6. The lowest BCUT2D eigenvalue weighted by atomic mass is 10.1. The number of rotatable bonds is 19. The fourth-order valence-corrected chi connectivity index (χ4v) is 3.71. The number of unbranched alkanes of at least 4 members (excludes halogenated alkanes) is 6. The second kappa shape index (κ2) is 17.6. The molecule has 0 bridgehead atoms. The Bertz CT molecular complexity index is 348. The van der Waals surface area contributed by atoms with Gasteiger partial charge in [-0.1, -0.05) is 52.4 Å². The van der Waals surface area contributed by atoms with Crippen molar-refractivity contribution in [2.24, 2.45) is 0 Å². The lowest BCUT2D eigenvalue weighted by Gasteiger charge is -2.08. The van der Waals surface area contributed by atoms with Crippen LogP contribution in [0.3, 0.4) is 0 Å². The molecule has 0 radical (unpaired) electrons. The van der Waals surface area contributed by atoms with Crippen molar-refractivity contribution in [2.45, 2.75) is 78.1 Å². The van der Waals surface area contributed by atoms with Gasteiger partial charge in [-0.25, -0.2) is 13.1 Å². The molecule has 0 aliphatic rings. The van der Waals surface area contributed by atoms with Crippen LogP contribution >= 0.6 is 0 Å². The Hall–Kier alpha value is -0.170. The third-order valence-electron chi connectivity index (χ3n) is 4.00. The van der Waals surface area contributed by atoms with E-state index in [-0.39, 0.29) is 5.75 Å². The molecule has 0 spiro atoms. The first-order valence-electron chi connectivity index (χ1n) is 10.0. The molecule has 0 heterocycles. The molecule has 5 nitrogen and oxygen atoms in total. The van der Waals surface area contributed by atoms with Crippen LogP contribution in [-0.2, 0) is 10.0 Å². The van der Waals surface area contributed by atoms with Crippen LogP contribution in [0.25, 0.3) is 0 Å². The predicted octanol–water partition coefficient (Wildman–Crippen LogP) is 3.03. The molecule has 0 fully saturated rings. The molecule has 0 saturated carbocycles. The Balaban J connectivity index is 3.35. The predicted molar refractivity (Wildman–Crippen MR) is 105 cm³/mol. The summed E-state index contributed by atoms with van der Waals surface area (Å²) in [6.07, 6.45) is 11.2. The van der Waals surface area contributed by atoms with Crippen molar-refractivity contribution in [3.8, 4) is 0 Å². The third kappa shape index (κ3) is 18.2. The first-order valence-corrected chi connectivity index (χ1v) is 11.7. The lowest BCUT2D eigenvalue weighted by Crippen LogP contribution is -2.30. The number of sulfonamides is 1. The van der Waals surface area contributed by atoms with Gasteiger partial charge in [0.15, 0.2) is 0 Å². The van der Waals surface area contributed by atoms with Gasteiger partial charge in [0.1, 0.15) is 0 Å². The highest BCUT2D eigenvalue weighted by atomic mass is 32.2. The minimum Gasteiger partial charge on any atom is -0.317 e. The Morgan fingerprint density at radius 2 is 1.12 bits per heavy atom. The molecule has 0 aliphatic heterocycles.